The number of rotatable bonds is 3. The molecule has 19 heavy (non-hydrogen) atoms. The van der Waals surface area contributed by atoms with Crippen LogP contribution in [0.15, 0.2) is 11.6 Å². The Balaban J connectivity index is 2.16. The van der Waals surface area contributed by atoms with E-state index in [-0.39, 0.29) is 17.6 Å². The molecule has 0 aliphatic heterocycles. The third-order valence-corrected chi connectivity index (χ3v) is 3.77. The van der Waals surface area contributed by atoms with Gasteiger partial charge in [-0.3, -0.25) is 9.48 Å². The molecule has 2 heterocycles. The zero-order valence-corrected chi connectivity index (χ0v) is 12.4. The fourth-order valence-electron chi connectivity index (χ4n) is 1.63. The van der Waals surface area contributed by atoms with Gasteiger partial charge in [-0.15, -0.1) is 11.3 Å². The summed E-state index contributed by atoms with van der Waals surface area (Å²) in [5, 5.41) is 6.80. The standard InChI is InChI=1S/C13H18N4OS/c1-13(2,3)10-7-19-11(16-10)5-9(18)8-6-15-17(4)12(8)14/h6-7H,5,14H2,1-4H3. The molecule has 102 valence electrons. The van der Waals surface area contributed by atoms with Gasteiger partial charge in [0.1, 0.15) is 10.8 Å². The summed E-state index contributed by atoms with van der Waals surface area (Å²) in [4.78, 5) is 16.7. The topological polar surface area (TPSA) is 73.8 Å². The molecular weight excluding hydrogens is 260 g/mol. The van der Waals surface area contributed by atoms with E-state index in [1.807, 2.05) is 5.38 Å². The van der Waals surface area contributed by atoms with Crippen molar-refractivity contribution in [1.82, 2.24) is 14.8 Å². The summed E-state index contributed by atoms with van der Waals surface area (Å²) in [7, 11) is 1.72. The van der Waals surface area contributed by atoms with Crippen molar-refractivity contribution in [3.63, 3.8) is 0 Å². The van der Waals surface area contributed by atoms with Gasteiger partial charge in [0.05, 0.1) is 23.9 Å². The molecule has 0 aliphatic rings. The lowest BCUT2D eigenvalue weighted by molar-refractivity contribution is 0.0993. The Hall–Kier alpha value is -1.69. The number of aromatic nitrogens is 3. The average molecular weight is 278 g/mol. The number of carbonyl (C=O) groups is 1. The zero-order chi connectivity index (χ0) is 14.2. The molecule has 2 aromatic rings. The van der Waals surface area contributed by atoms with Gasteiger partial charge in [-0.05, 0) is 0 Å². The number of carbonyl (C=O) groups excluding carboxylic acids is 1. The van der Waals surface area contributed by atoms with Crippen LogP contribution >= 0.6 is 11.3 Å². The highest BCUT2D eigenvalue weighted by molar-refractivity contribution is 7.09. The van der Waals surface area contributed by atoms with Crippen molar-refractivity contribution >= 4 is 22.9 Å². The van der Waals surface area contributed by atoms with E-state index in [0.717, 1.165) is 10.7 Å². The number of hydrogen-bond donors (Lipinski definition) is 1. The predicted octanol–water partition coefficient (Wildman–Crippen LogP) is 2.18. The normalized spacial score (nSPS) is 11.8. The summed E-state index contributed by atoms with van der Waals surface area (Å²) < 4.78 is 1.50. The SMILES string of the molecule is Cn1ncc(C(=O)Cc2nc(C(C)(C)C)cs2)c1N. The molecule has 0 saturated carbocycles. The second kappa shape index (κ2) is 4.77. The van der Waals surface area contributed by atoms with E-state index in [2.05, 4.69) is 30.9 Å². The summed E-state index contributed by atoms with van der Waals surface area (Å²) in [6.07, 6.45) is 1.78. The Labute approximate surface area is 116 Å². The average Bonchev–Trinajstić information content (AvgIpc) is 2.87. The highest BCUT2D eigenvalue weighted by Gasteiger charge is 2.20. The molecule has 2 rings (SSSR count). The Bertz CT molecular complexity index is 606. The highest BCUT2D eigenvalue weighted by Crippen LogP contribution is 2.24. The summed E-state index contributed by atoms with van der Waals surface area (Å²) in [6, 6.07) is 0. The predicted molar refractivity (Wildman–Crippen MR) is 76.5 cm³/mol. The first-order valence-electron chi connectivity index (χ1n) is 6.04. The lowest BCUT2D eigenvalue weighted by Crippen LogP contribution is -2.12. The van der Waals surface area contributed by atoms with Crippen molar-refractivity contribution in [3.8, 4) is 0 Å². The minimum atomic E-state index is -0.0413. The molecule has 0 aliphatic carbocycles. The molecule has 5 nitrogen and oxygen atoms in total. The lowest BCUT2D eigenvalue weighted by atomic mass is 9.93. The second-order valence-electron chi connectivity index (χ2n) is 5.54. The number of hydrogen-bond acceptors (Lipinski definition) is 5. The first-order chi connectivity index (χ1) is 8.79. The second-order valence-corrected chi connectivity index (χ2v) is 6.49. The Morgan fingerprint density at radius 1 is 1.47 bits per heavy atom. The molecule has 0 bridgehead atoms. The quantitative estimate of drug-likeness (QED) is 0.873. The Kier molecular flexibility index (Phi) is 3.45. The Morgan fingerprint density at radius 3 is 2.63 bits per heavy atom. The third kappa shape index (κ3) is 2.84. The van der Waals surface area contributed by atoms with Gasteiger partial charge >= 0.3 is 0 Å². The van der Waals surface area contributed by atoms with Crippen molar-refractivity contribution < 1.29 is 4.79 Å². The molecule has 2 N–H and O–H groups in total. The zero-order valence-electron chi connectivity index (χ0n) is 11.6. The maximum absolute atomic E-state index is 12.1. The molecule has 0 radical (unpaired) electrons. The van der Waals surface area contributed by atoms with Crippen LogP contribution in [0.25, 0.3) is 0 Å². The van der Waals surface area contributed by atoms with Crippen molar-refractivity contribution in [1.29, 1.82) is 0 Å². The molecule has 0 atom stereocenters. The van der Waals surface area contributed by atoms with Gasteiger partial charge in [0.2, 0.25) is 0 Å². The number of nitrogen functional groups attached to an aromatic ring is 1. The smallest absolute Gasteiger partial charge is 0.174 e. The molecule has 2 aromatic heterocycles. The highest BCUT2D eigenvalue weighted by atomic mass is 32.1. The van der Waals surface area contributed by atoms with Crippen LogP contribution in [0.4, 0.5) is 5.82 Å². The van der Waals surface area contributed by atoms with Gasteiger partial charge in [-0.2, -0.15) is 5.10 Å². The largest absolute Gasteiger partial charge is 0.383 e. The van der Waals surface area contributed by atoms with Gasteiger partial charge in [0, 0.05) is 17.8 Å². The number of ketones is 1. The molecule has 0 fully saturated rings. The van der Waals surface area contributed by atoms with Crippen LogP contribution < -0.4 is 5.73 Å². The molecule has 0 unspecified atom stereocenters. The van der Waals surface area contributed by atoms with Crippen LogP contribution in [0.3, 0.4) is 0 Å². The van der Waals surface area contributed by atoms with Gasteiger partial charge < -0.3 is 5.73 Å². The number of nitrogens with two attached hydrogens (primary N) is 1. The van der Waals surface area contributed by atoms with Crippen LogP contribution in [0.2, 0.25) is 0 Å². The summed E-state index contributed by atoms with van der Waals surface area (Å²) in [6.45, 7) is 6.31. The molecule has 0 spiro atoms. The number of nitrogens with zero attached hydrogens (tertiary/aromatic N) is 3. The first kappa shape index (κ1) is 13.7. The third-order valence-electron chi connectivity index (χ3n) is 2.92. The number of aryl methyl sites for hydroxylation is 1. The van der Waals surface area contributed by atoms with E-state index in [0.29, 0.717) is 11.4 Å². The van der Waals surface area contributed by atoms with Crippen LogP contribution in [0, 0.1) is 0 Å². The van der Waals surface area contributed by atoms with Crippen LogP contribution in [0.5, 0.6) is 0 Å². The maximum atomic E-state index is 12.1. The van der Waals surface area contributed by atoms with Gasteiger partial charge in [0.25, 0.3) is 0 Å². The van der Waals surface area contributed by atoms with E-state index in [1.165, 1.54) is 22.2 Å². The first-order valence-corrected chi connectivity index (χ1v) is 6.92. The van der Waals surface area contributed by atoms with Gasteiger partial charge in [0.15, 0.2) is 5.78 Å². The fourth-order valence-corrected chi connectivity index (χ4v) is 2.65. The van der Waals surface area contributed by atoms with Crippen LogP contribution in [-0.4, -0.2) is 20.5 Å². The molecule has 0 aromatic carbocycles. The number of thiazole rings is 1. The molecule has 0 saturated heterocycles. The lowest BCUT2D eigenvalue weighted by Gasteiger charge is -2.14. The summed E-state index contributed by atoms with van der Waals surface area (Å²) in [5.74, 6) is 0.359. The monoisotopic (exact) mass is 278 g/mol. The summed E-state index contributed by atoms with van der Waals surface area (Å²) in [5.41, 5.74) is 7.28. The van der Waals surface area contributed by atoms with Crippen LogP contribution in [0.1, 0.15) is 41.8 Å². The van der Waals surface area contributed by atoms with E-state index < -0.39 is 0 Å². The van der Waals surface area contributed by atoms with E-state index in [4.69, 9.17) is 5.73 Å². The van der Waals surface area contributed by atoms with Crippen molar-refractivity contribution in [2.24, 2.45) is 7.05 Å². The minimum Gasteiger partial charge on any atom is -0.383 e. The molecule has 6 heteroatoms. The Morgan fingerprint density at radius 2 is 2.16 bits per heavy atom. The van der Waals surface area contributed by atoms with Crippen molar-refractivity contribution in [3.05, 3.63) is 27.8 Å². The van der Waals surface area contributed by atoms with Gasteiger partial charge in [-0.25, -0.2) is 4.98 Å². The summed E-state index contributed by atoms with van der Waals surface area (Å²) >= 11 is 1.51. The number of anilines is 1. The van der Waals surface area contributed by atoms with Gasteiger partial charge in [-0.1, -0.05) is 20.8 Å². The van der Waals surface area contributed by atoms with E-state index in [9.17, 15) is 4.79 Å². The molecule has 0 amide bonds. The molecular formula is C13H18N4OS. The minimum absolute atomic E-state index is 0.00509. The fraction of sp³-hybridized carbons (Fsp3) is 0.462. The van der Waals surface area contributed by atoms with Crippen molar-refractivity contribution in [2.75, 3.05) is 5.73 Å². The number of Topliss-reactive ketones (excluding diaryl/α,β-unsaturated/α-hetero) is 1. The van der Waals surface area contributed by atoms with E-state index >= 15 is 0 Å². The van der Waals surface area contributed by atoms with E-state index in [1.54, 1.807) is 7.05 Å². The van der Waals surface area contributed by atoms with Crippen molar-refractivity contribution in [2.45, 2.75) is 32.6 Å². The van der Waals surface area contributed by atoms with Crippen LogP contribution in [-0.2, 0) is 18.9 Å². The maximum Gasteiger partial charge on any atom is 0.174 e.